The zero-order valence-electron chi connectivity index (χ0n) is 7.25. The number of allylic oxidation sites excluding steroid dienone is 4. The summed E-state index contributed by atoms with van der Waals surface area (Å²) in [5.41, 5.74) is 1.05. The Morgan fingerprint density at radius 1 is 1.55 bits per heavy atom. The van der Waals surface area contributed by atoms with Gasteiger partial charge in [0, 0.05) is 5.70 Å². The van der Waals surface area contributed by atoms with Crippen LogP contribution in [-0.4, -0.2) is 13.4 Å². The van der Waals surface area contributed by atoms with Gasteiger partial charge in [0.1, 0.15) is 0 Å². The summed E-state index contributed by atoms with van der Waals surface area (Å²) >= 11 is 0. The normalized spacial score (nSPS) is 12.7. The van der Waals surface area contributed by atoms with E-state index in [1.54, 1.807) is 6.08 Å². The van der Waals surface area contributed by atoms with Crippen LogP contribution in [0, 0.1) is 0 Å². The lowest BCUT2D eigenvalue weighted by molar-refractivity contribution is 1.30. The predicted octanol–water partition coefficient (Wildman–Crippen LogP) is 2.07. The van der Waals surface area contributed by atoms with Crippen molar-refractivity contribution in [2.75, 3.05) is 0 Å². The summed E-state index contributed by atoms with van der Waals surface area (Å²) in [6.45, 7) is 7.53. The molecule has 0 aromatic rings. The average Bonchev–Trinajstić information content (AvgIpc) is 2.04. The Balaban J connectivity index is 3.61. The van der Waals surface area contributed by atoms with Crippen LogP contribution in [0.5, 0.6) is 0 Å². The Bertz CT molecular complexity index is 190. The first-order valence-electron chi connectivity index (χ1n) is 3.74. The molecule has 0 aromatic heterocycles. The summed E-state index contributed by atoms with van der Waals surface area (Å²) in [7, 11) is 0.872. The van der Waals surface area contributed by atoms with Crippen molar-refractivity contribution in [1.29, 1.82) is 0 Å². The maximum absolute atomic E-state index is 4.16. The van der Waals surface area contributed by atoms with Gasteiger partial charge >= 0.3 is 0 Å². The highest BCUT2D eigenvalue weighted by Crippen LogP contribution is 1.89. The fourth-order valence-electron chi connectivity index (χ4n) is 0.507. The second kappa shape index (κ2) is 7.07. The molecule has 2 heteroatoms. The van der Waals surface area contributed by atoms with Gasteiger partial charge in [-0.1, -0.05) is 24.8 Å². The molecule has 0 fully saturated rings. The lowest BCUT2D eigenvalue weighted by atomic mass is 9.81. The lowest BCUT2D eigenvalue weighted by Gasteiger charge is -1.85. The topological polar surface area (TPSA) is 12.4 Å². The van der Waals surface area contributed by atoms with E-state index in [0.717, 1.165) is 13.0 Å². The van der Waals surface area contributed by atoms with E-state index in [4.69, 9.17) is 0 Å². The molecule has 58 valence electrons. The van der Waals surface area contributed by atoms with Gasteiger partial charge in [0.05, 0.1) is 0 Å². The summed E-state index contributed by atoms with van der Waals surface area (Å²) in [6, 6.07) is 0. The van der Waals surface area contributed by atoms with Crippen LogP contribution < -0.4 is 0 Å². The predicted molar refractivity (Wildman–Crippen MR) is 54.4 cm³/mol. The number of nitrogens with zero attached hydrogens (tertiary/aromatic N) is 1. The van der Waals surface area contributed by atoms with Crippen molar-refractivity contribution >= 4 is 13.4 Å². The molecule has 0 aliphatic heterocycles. The molecule has 0 rings (SSSR count). The van der Waals surface area contributed by atoms with E-state index in [1.165, 1.54) is 0 Å². The summed E-state index contributed by atoms with van der Waals surface area (Å²) < 4.78 is 0. The van der Waals surface area contributed by atoms with Crippen molar-refractivity contribution in [3.63, 3.8) is 0 Å². The molecule has 0 N–H and O–H groups in total. The molecule has 0 saturated carbocycles. The van der Waals surface area contributed by atoms with Gasteiger partial charge in [0.25, 0.3) is 0 Å². The molecule has 11 heavy (non-hydrogen) atoms. The van der Waals surface area contributed by atoms with Crippen molar-refractivity contribution in [2.45, 2.75) is 13.8 Å². The second-order valence-electron chi connectivity index (χ2n) is 2.14. The van der Waals surface area contributed by atoms with Crippen LogP contribution in [0.25, 0.3) is 0 Å². The van der Waals surface area contributed by atoms with E-state index in [0.29, 0.717) is 0 Å². The Morgan fingerprint density at radius 2 is 2.27 bits per heavy atom. The third-order valence-electron chi connectivity index (χ3n) is 1.23. The van der Waals surface area contributed by atoms with Gasteiger partial charge in [-0.15, -0.1) is 5.98 Å². The Hall–Kier alpha value is -1.05. The van der Waals surface area contributed by atoms with E-state index in [2.05, 4.69) is 11.6 Å². The summed E-state index contributed by atoms with van der Waals surface area (Å²) in [6.07, 6.45) is 7.54. The molecule has 0 amide bonds. The molecule has 0 atom stereocenters. The van der Waals surface area contributed by atoms with E-state index in [-0.39, 0.29) is 0 Å². The van der Waals surface area contributed by atoms with Gasteiger partial charge in [-0.2, -0.15) is 0 Å². The highest BCUT2D eigenvalue weighted by Gasteiger charge is 1.77. The second-order valence-corrected chi connectivity index (χ2v) is 2.14. The molecule has 0 bridgehead atoms. The maximum atomic E-state index is 4.16. The molecule has 0 aromatic carbocycles. The van der Waals surface area contributed by atoms with Gasteiger partial charge in [0.15, 0.2) is 7.28 Å². The van der Waals surface area contributed by atoms with Gasteiger partial charge in [-0.3, -0.25) is 4.99 Å². The maximum Gasteiger partial charge on any atom is 0.197 e. The number of aliphatic imine (C=N–C) groups is 1. The van der Waals surface area contributed by atoms with E-state index in [1.807, 2.05) is 38.1 Å². The van der Waals surface area contributed by atoms with Crippen LogP contribution in [0.15, 0.2) is 41.5 Å². The van der Waals surface area contributed by atoms with Crippen LogP contribution in [-0.2, 0) is 0 Å². The fraction of sp³-hybridized carbons (Fsp3) is 0.222. The monoisotopic (exact) mass is 147 g/mol. The molecular weight excluding hydrogens is 133 g/mol. The van der Waals surface area contributed by atoms with Crippen LogP contribution in [0.2, 0.25) is 0 Å². The third kappa shape index (κ3) is 6.85. The van der Waals surface area contributed by atoms with Gasteiger partial charge < -0.3 is 0 Å². The van der Waals surface area contributed by atoms with Crippen LogP contribution in [0.4, 0.5) is 0 Å². The van der Waals surface area contributed by atoms with Gasteiger partial charge in [-0.05, 0) is 20.0 Å². The van der Waals surface area contributed by atoms with E-state index in [9.17, 15) is 0 Å². The van der Waals surface area contributed by atoms with Crippen molar-refractivity contribution in [3.8, 4) is 0 Å². The number of hydrogen-bond acceptors (Lipinski definition) is 1. The Labute approximate surface area is 69.5 Å². The summed E-state index contributed by atoms with van der Waals surface area (Å²) in [4.78, 5) is 4.16. The highest BCUT2D eigenvalue weighted by atomic mass is 14.7. The van der Waals surface area contributed by atoms with Crippen molar-refractivity contribution < 1.29 is 0 Å². The summed E-state index contributed by atoms with van der Waals surface area (Å²) in [5, 5.41) is 0. The van der Waals surface area contributed by atoms with Crippen molar-refractivity contribution in [3.05, 3.63) is 36.5 Å². The molecule has 0 heterocycles. The lowest BCUT2D eigenvalue weighted by Crippen LogP contribution is -1.85. The Kier molecular flexibility index (Phi) is 6.40. The molecular formula is C9H14BN. The standard InChI is InChI=1S/C9H14BN/c1-4-6-7-10-8-11-9(3)5-2/h4-8,10H,1H2,2-3H3/b7-6+,9-5+,11-8-. The first-order chi connectivity index (χ1) is 5.31. The van der Waals surface area contributed by atoms with Crippen molar-refractivity contribution in [1.82, 2.24) is 0 Å². The number of rotatable bonds is 4. The highest BCUT2D eigenvalue weighted by molar-refractivity contribution is 6.72. The quantitative estimate of drug-likeness (QED) is 0.328. The molecule has 0 spiro atoms. The minimum absolute atomic E-state index is 0.872. The van der Waals surface area contributed by atoms with Gasteiger partial charge in [-0.25, -0.2) is 0 Å². The average molecular weight is 147 g/mol. The third-order valence-corrected chi connectivity index (χ3v) is 1.23. The van der Waals surface area contributed by atoms with Gasteiger partial charge in [0.2, 0.25) is 0 Å². The molecule has 0 aliphatic carbocycles. The minimum atomic E-state index is 0.872. The zero-order valence-corrected chi connectivity index (χ0v) is 7.25. The first kappa shape index (κ1) is 9.95. The summed E-state index contributed by atoms with van der Waals surface area (Å²) in [5.74, 6) is 2.01. The molecule has 1 nitrogen and oxygen atoms in total. The minimum Gasteiger partial charge on any atom is -0.276 e. The van der Waals surface area contributed by atoms with Crippen LogP contribution >= 0.6 is 0 Å². The largest absolute Gasteiger partial charge is 0.276 e. The van der Waals surface area contributed by atoms with Crippen LogP contribution in [0.3, 0.4) is 0 Å². The first-order valence-corrected chi connectivity index (χ1v) is 3.74. The fourth-order valence-corrected chi connectivity index (χ4v) is 0.507. The zero-order chi connectivity index (χ0) is 8.53. The smallest absolute Gasteiger partial charge is 0.197 e. The molecule has 0 aliphatic rings. The molecule has 0 unspecified atom stereocenters. The molecule has 0 radical (unpaired) electrons. The SMILES string of the molecule is C=C/C=C/B/C=N\C(C)=C\C. The van der Waals surface area contributed by atoms with E-state index >= 15 is 0 Å². The van der Waals surface area contributed by atoms with Crippen molar-refractivity contribution in [2.24, 2.45) is 4.99 Å². The Morgan fingerprint density at radius 3 is 2.82 bits per heavy atom. The number of hydrogen-bond donors (Lipinski definition) is 0. The van der Waals surface area contributed by atoms with E-state index < -0.39 is 0 Å². The van der Waals surface area contributed by atoms with Crippen LogP contribution in [0.1, 0.15) is 13.8 Å². The molecule has 0 saturated heterocycles.